The van der Waals surface area contributed by atoms with E-state index in [2.05, 4.69) is 26.5 Å². The van der Waals surface area contributed by atoms with E-state index in [-0.39, 0.29) is 0 Å². The van der Waals surface area contributed by atoms with Crippen LogP contribution < -0.4 is 5.73 Å². The molecule has 0 saturated heterocycles. The Hall–Kier alpha value is -0.560. The summed E-state index contributed by atoms with van der Waals surface area (Å²) in [6.07, 6.45) is 4.95. The second-order valence-electron chi connectivity index (χ2n) is 5.01. The van der Waals surface area contributed by atoms with Crippen LogP contribution in [-0.2, 0) is 0 Å². The third kappa shape index (κ3) is 1.10. The normalized spacial score (nSPS) is 34.8. The Bertz CT molecular complexity index is 273. The van der Waals surface area contributed by atoms with E-state index in [9.17, 15) is 0 Å². The average molecular weight is 177 g/mol. The molecule has 2 bridgehead atoms. The molecule has 3 aliphatic rings. The van der Waals surface area contributed by atoms with E-state index in [1.165, 1.54) is 18.4 Å². The van der Waals surface area contributed by atoms with Crippen LogP contribution in [0.25, 0.3) is 0 Å². The lowest BCUT2D eigenvalue weighted by Gasteiger charge is -2.56. The van der Waals surface area contributed by atoms with E-state index in [0.29, 0.717) is 12.0 Å². The fraction of sp³-hybridized carbons (Fsp3) is 0.667. The quantitative estimate of drug-likeness (QED) is 0.689. The van der Waals surface area contributed by atoms with Crippen molar-refractivity contribution in [3.63, 3.8) is 0 Å². The van der Waals surface area contributed by atoms with Crippen molar-refractivity contribution >= 4 is 0 Å². The van der Waals surface area contributed by atoms with Crippen LogP contribution in [0.4, 0.5) is 0 Å². The Kier molecular flexibility index (Phi) is 1.88. The summed E-state index contributed by atoms with van der Waals surface area (Å²) in [6.45, 7) is 9.41. The summed E-state index contributed by atoms with van der Waals surface area (Å²) in [7, 11) is 0. The van der Waals surface area contributed by atoms with Crippen LogP contribution in [0, 0.1) is 17.3 Å². The number of rotatable bonds is 2. The zero-order valence-electron chi connectivity index (χ0n) is 8.64. The number of fused-ring (bicyclic) bond motifs is 1. The topological polar surface area (TPSA) is 26.0 Å². The van der Waals surface area contributed by atoms with Crippen molar-refractivity contribution in [3.8, 4) is 0 Å². The van der Waals surface area contributed by atoms with Gasteiger partial charge < -0.3 is 5.73 Å². The smallest absolute Gasteiger partial charge is 0.0174 e. The van der Waals surface area contributed by atoms with Gasteiger partial charge in [-0.2, -0.15) is 0 Å². The molecule has 1 saturated carbocycles. The largest absolute Gasteiger partial charge is 0.327 e. The second kappa shape index (κ2) is 2.71. The van der Waals surface area contributed by atoms with E-state index in [1.807, 2.05) is 0 Å². The average Bonchev–Trinajstić information content (AvgIpc) is 2.16. The molecule has 0 spiro atoms. The van der Waals surface area contributed by atoms with E-state index in [4.69, 9.17) is 5.73 Å². The number of nitrogens with two attached hydrogens (primary N) is 1. The molecule has 0 aromatic carbocycles. The summed E-state index contributed by atoms with van der Waals surface area (Å²) in [5, 5.41) is 0. The van der Waals surface area contributed by atoms with Gasteiger partial charge in [-0.3, -0.25) is 0 Å². The van der Waals surface area contributed by atoms with Gasteiger partial charge in [-0.25, -0.2) is 0 Å². The van der Waals surface area contributed by atoms with Crippen molar-refractivity contribution < 1.29 is 0 Å². The van der Waals surface area contributed by atoms with Crippen molar-refractivity contribution in [3.05, 3.63) is 23.8 Å². The first-order valence-electron chi connectivity index (χ1n) is 5.15. The molecule has 0 aromatic rings. The molecular weight excluding hydrogens is 158 g/mol. The third-order valence-corrected chi connectivity index (χ3v) is 4.12. The Balaban J connectivity index is 2.23. The van der Waals surface area contributed by atoms with Crippen LogP contribution >= 0.6 is 0 Å². The van der Waals surface area contributed by atoms with E-state index in [0.717, 1.165) is 17.4 Å². The Morgan fingerprint density at radius 1 is 1.69 bits per heavy atom. The van der Waals surface area contributed by atoms with Gasteiger partial charge in [0, 0.05) is 6.54 Å². The Morgan fingerprint density at radius 3 is 2.85 bits per heavy atom. The van der Waals surface area contributed by atoms with Crippen LogP contribution in [0.15, 0.2) is 23.8 Å². The number of hydrogen-bond acceptors (Lipinski definition) is 1. The van der Waals surface area contributed by atoms with Crippen LogP contribution in [0.2, 0.25) is 0 Å². The summed E-state index contributed by atoms with van der Waals surface area (Å²) in [6, 6.07) is 0. The molecule has 2 atom stereocenters. The highest BCUT2D eigenvalue weighted by Crippen LogP contribution is 2.60. The van der Waals surface area contributed by atoms with Crippen molar-refractivity contribution in [2.45, 2.75) is 26.7 Å². The van der Waals surface area contributed by atoms with Crippen molar-refractivity contribution in [1.29, 1.82) is 0 Å². The van der Waals surface area contributed by atoms with Crippen molar-refractivity contribution in [2.75, 3.05) is 6.54 Å². The number of hydrogen-bond donors (Lipinski definition) is 1. The summed E-state index contributed by atoms with van der Waals surface area (Å²) in [4.78, 5) is 0. The van der Waals surface area contributed by atoms with E-state index >= 15 is 0 Å². The molecule has 0 aromatic heterocycles. The fourth-order valence-electron chi connectivity index (χ4n) is 2.86. The molecule has 0 heterocycles. The van der Waals surface area contributed by atoms with Gasteiger partial charge in [-0.05, 0) is 41.2 Å². The summed E-state index contributed by atoms with van der Waals surface area (Å²) < 4.78 is 0. The van der Waals surface area contributed by atoms with Gasteiger partial charge >= 0.3 is 0 Å². The van der Waals surface area contributed by atoms with Gasteiger partial charge in [0.25, 0.3) is 0 Å². The highest BCUT2D eigenvalue weighted by molar-refractivity contribution is 5.38. The van der Waals surface area contributed by atoms with Crippen LogP contribution in [0.1, 0.15) is 26.7 Å². The lowest BCUT2D eigenvalue weighted by Crippen LogP contribution is -2.48. The molecule has 2 unspecified atom stereocenters. The monoisotopic (exact) mass is 177 g/mol. The molecule has 3 aliphatic carbocycles. The molecule has 72 valence electrons. The predicted molar refractivity (Wildman–Crippen MR) is 56.3 cm³/mol. The van der Waals surface area contributed by atoms with Gasteiger partial charge in [-0.15, -0.1) is 0 Å². The predicted octanol–water partition coefficient (Wildman–Crippen LogP) is 2.49. The lowest BCUT2D eigenvalue weighted by molar-refractivity contribution is -0.00431. The molecule has 1 nitrogen and oxygen atoms in total. The van der Waals surface area contributed by atoms with Gasteiger partial charge in [0.05, 0.1) is 0 Å². The number of allylic oxidation sites excluding steroid dienone is 1. The zero-order valence-corrected chi connectivity index (χ0v) is 8.64. The Morgan fingerprint density at radius 2 is 2.38 bits per heavy atom. The standard InChI is InChI=1S/C12H19N/c1-8(7-13)10-5-4-9-6-11(10)12(9,2)3/h5,9,11H,1,4,6-7,13H2,2-3H3. The highest BCUT2D eigenvalue weighted by atomic mass is 14.6. The maximum atomic E-state index is 5.63. The first-order valence-corrected chi connectivity index (χ1v) is 5.15. The van der Waals surface area contributed by atoms with Gasteiger partial charge in [0.2, 0.25) is 0 Å². The molecule has 2 N–H and O–H groups in total. The molecule has 0 amide bonds. The second-order valence-corrected chi connectivity index (χ2v) is 5.01. The molecule has 0 radical (unpaired) electrons. The first-order chi connectivity index (χ1) is 6.07. The summed E-state index contributed by atoms with van der Waals surface area (Å²) in [5.41, 5.74) is 8.74. The molecule has 3 rings (SSSR count). The van der Waals surface area contributed by atoms with Gasteiger partial charge in [-0.1, -0.05) is 26.5 Å². The Labute approximate surface area is 80.7 Å². The maximum absolute atomic E-state index is 5.63. The highest BCUT2D eigenvalue weighted by Gasteiger charge is 2.51. The molecular formula is C12H19N. The molecule has 0 aliphatic heterocycles. The van der Waals surface area contributed by atoms with Gasteiger partial charge in [0.15, 0.2) is 0 Å². The first kappa shape index (κ1) is 9.01. The zero-order chi connectivity index (χ0) is 9.64. The SMILES string of the molecule is C=C(CN)C1=CCC2CC1C2(C)C. The van der Waals surface area contributed by atoms with Crippen molar-refractivity contribution in [2.24, 2.45) is 23.0 Å². The lowest BCUT2D eigenvalue weighted by atomic mass is 9.48. The van der Waals surface area contributed by atoms with Crippen LogP contribution in [0.3, 0.4) is 0 Å². The molecule has 1 fully saturated rings. The van der Waals surface area contributed by atoms with Crippen molar-refractivity contribution in [1.82, 2.24) is 0 Å². The summed E-state index contributed by atoms with van der Waals surface area (Å²) >= 11 is 0. The van der Waals surface area contributed by atoms with Crippen LogP contribution in [-0.4, -0.2) is 6.54 Å². The van der Waals surface area contributed by atoms with Crippen LogP contribution in [0.5, 0.6) is 0 Å². The molecule has 1 heteroatoms. The minimum atomic E-state index is 0.502. The molecule has 13 heavy (non-hydrogen) atoms. The maximum Gasteiger partial charge on any atom is 0.0174 e. The minimum Gasteiger partial charge on any atom is -0.327 e. The minimum absolute atomic E-state index is 0.502. The third-order valence-electron chi connectivity index (χ3n) is 4.12. The van der Waals surface area contributed by atoms with Gasteiger partial charge in [0.1, 0.15) is 0 Å². The fourth-order valence-corrected chi connectivity index (χ4v) is 2.86. The van der Waals surface area contributed by atoms with E-state index < -0.39 is 0 Å². The van der Waals surface area contributed by atoms with E-state index in [1.54, 1.807) is 0 Å². The summed E-state index contributed by atoms with van der Waals surface area (Å²) in [5.74, 6) is 1.65.